The number of nitrogens with two attached hydrogens (primary N) is 2. The topological polar surface area (TPSA) is 86.2 Å². The molecule has 0 radical (unpaired) electrons. The van der Waals surface area contributed by atoms with E-state index in [1.54, 1.807) is 6.92 Å². The van der Waals surface area contributed by atoms with Crippen LogP contribution in [-0.4, -0.2) is 31.5 Å². The minimum Gasteiger partial charge on any atom is -0.329 e. The van der Waals surface area contributed by atoms with Gasteiger partial charge in [0.15, 0.2) is 9.84 Å². The van der Waals surface area contributed by atoms with Crippen LogP contribution in [-0.2, 0) is 9.84 Å². The minimum atomic E-state index is -3.16. The third-order valence-corrected chi connectivity index (χ3v) is 6.17. The van der Waals surface area contributed by atoms with Crippen LogP contribution >= 0.6 is 0 Å². The van der Waals surface area contributed by atoms with E-state index >= 15 is 0 Å². The molecule has 0 bridgehead atoms. The van der Waals surface area contributed by atoms with Crippen LogP contribution in [0.2, 0.25) is 0 Å². The quantitative estimate of drug-likeness (QED) is 0.835. The van der Waals surface area contributed by atoms with E-state index in [-0.39, 0.29) is 18.2 Å². The van der Waals surface area contributed by atoms with Gasteiger partial charge in [-0.05, 0) is 12.5 Å². The van der Waals surface area contributed by atoms with Gasteiger partial charge < -0.3 is 11.5 Å². The fraction of sp³-hybridized carbons (Fsp3) is 0.538. The molecule has 3 atom stereocenters. The summed E-state index contributed by atoms with van der Waals surface area (Å²) in [5, 5.41) is -0.539. The van der Waals surface area contributed by atoms with E-state index in [1.807, 2.05) is 31.2 Å². The third kappa shape index (κ3) is 1.96. The molecule has 4 N–H and O–H groups in total. The highest BCUT2D eigenvalue weighted by atomic mass is 32.2. The normalized spacial score (nSPS) is 31.3. The molecule has 1 aliphatic carbocycles. The van der Waals surface area contributed by atoms with Crippen molar-refractivity contribution >= 4 is 9.84 Å². The number of hydrogen-bond acceptors (Lipinski definition) is 4. The lowest BCUT2D eigenvalue weighted by atomic mass is 10.1. The molecule has 2 rings (SSSR count). The summed E-state index contributed by atoms with van der Waals surface area (Å²) in [5.41, 5.74) is 13.1. The molecule has 18 heavy (non-hydrogen) atoms. The number of aryl methyl sites for hydroxylation is 1. The first kappa shape index (κ1) is 13.5. The van der Waals surface area contributed by atoms with Gasteiger partial charge in [-0.1, -0.05) is 36.8 Å². The van der Waals surface area contributed by atoms with Crippen LogP contribution in [0.25, 0.3) is 0 Å². The lowest BCUT2D eigenvalue weighted by molar-refractivity contribution is 0.587. The van der Waals surface area contributed by atoms with Crippen molar-refractivity contribution in [2.24, 2.45) is 11.5 Å². The van der Waals surface area contributed by atoms with E-state index in [2.05, 4.69) is 0 Å². The van der Waals surface area contributed by atoms with Crippen LogP contribution in [0, 0.1) is 6.92 Å². The summed E-state index contributed by atoms with van der Waals surface area (Å²) in [7, 11) is -3.16. The molecule has 0 amide bonds. The van der Waals surface area contributed by atoms with Crippen LogP contribution in [0.5, 0.6) is 0 Å². The van der Waals surface area contributed by atoms with Crippen molar-refractivity contribution < 1.29 is 8.42 Å². The first-order valence-electron chi connectivity index (χ1n) is 6.14. The molecule has 100 valence electrons. The molecule has 0 saturated heterocycles. The van der Waals surface area contributed by atoms with Gasteiger partial charge in [0, 0.05) is 18.2 Å². The monoisotopic (exact) mass is 268 g/mol. The molecule has 4 nitrogen and oxygen atoms in total. The zero-order valence-electron chi connectivity index (χ0n) is 10.8. The fourth-order valence-corrected chi connectivity index (χ4v) is 4.66. The first-order valence-corrected chi connectivity index (χ1v) is 7.85. The van der Waals surface area contributed by atoms with Gasteiger partial charge in [0.05, 0.1) is 10.8 Å². The van der Waals surface area contributed by atoms with Gasteiger partial charge in [-0.3, -0.25) is 0 Å². The fourth-order valence-electron chi connectivity index (χ4n) is 2.65. The molecule has 5 heteroatoms. The van der Waals surface area contributed by atoms with Gasteiger partial charge in [0.25, 0.3) is 0 Å². The Balaban J connectivity index is 2.37. The van der Waals surface area contributed by atoms with Crippen LogP contribution in [0.4, 0.5) is 0 Å². The Morgan fingerprint density at radius 3 is 2.28 bits per heavy atom. The average Bonchev–Trinajstić information content (AvgIpc) is 2.98. The molecule has 1 aromatic carbocycles. The van der Waals surface area contributed by atoms with Crippen molar-refractivity contribution in [3.63, 3.8) is 0 Å². The molecule has 0 unspecified atom stereocenters. The summed E-state index contributed by atoms with van der Waals surface area (Å²) in [4.78, 5) is 0. The number of benzene rings is 1. The maximum Gasteiger partial charge on any atom is 0.155 e. The SMILES string of the molecule is CCS(=O)(=O)[C@@H]1[C@@H](c2ccc(C)cc2)[C@@]1(N)CN. The minimum absolute atomic E-state index is 0.110. The molecule has 1 aliphatic rings. The summed E-state index contributed by atoms with van der Waals surface area (Å²) in [5.74, 6) is -0.0630. The molecule has 0 aliphatic heterocycles. The van der Waals surface area contributed by atoms with Gasteiger partial charge in [0.2, 0.25) is 0 Å². The Morgan fingerprint density at radius 1 is 1.28 bits per heavy atom. The Hall–Kier alpha value is -0.910. The predicted octanol–water partition coefficient (Wildman–Crippen LogP) is 0.552. The van der Waals surface area contributed by atoms with E-state index in [9.17, 15) is 8.42 Å². The second-order valence-corrected chi connectivity index (χ2v) is 7.49. The Bertz CT molecular complexity index is 539. The van der Waals surface area contributed by atoms with Crippen molar-refractivity contribution in [3.05, 3.63) is 35.4 Å². The average molecular weight is 268 g/mol. The van der Waals surface area contributed by atoms with Gasteiger partial charge in [0.1, 0.15) is 0 Å². The zero-order chi connectivity index (χ0) is 13.6. The maximum absolute atomic E-state index is 12.1. The molecule has 0 heterocycles. The summed E-state index contributed by atoms with van der Waals surface area (Å²) >= 11 is 0. The molecule has 0 aromatic heterocycles. The predicted molar refractivity (Wildman–Crippen MR) is 73.1 cm³/mol. The molecule has 1 aromatic rings. The summed E-state index contributed by atoms with van der Waals surface area (Å²) < 4.78 is 24.1. The standard InChI is InChI=1S/C13H20N2O2S/c1-3-18(16,17)12-11(13(12,15)8-14)10-6-4-9(2)5-7-10/h4-7,11-12H,3,8,14-15H2,1-2H3/t11-,12-,13+/m1/s1. The Morgan fingerprint density at radius 2 is 1.83 bits per heavy atom. The van der Waals surface area contributed by atoms with Gasteiger partial charge in [-0.2, -0.15) is 0 Å². The van der Waals surface area contributed by atoms with Crippen molar-refractivity contribution in [1.29, 1.82) is 0 Å². The van der Waals surface area contributed by atoms with Gasteiger partial charge in [-0.25, -0.2) is 8.42 Å². The van der Waals surface area contributed by atoms with Crippen molar-refractivity contribution in [3.8, 4) is 0 Å². The molecule has 0 spiro atoms. The second kappa shape index (κ2) is 4.33. The van der Waals surface area contributed by atoms with E-state index in [1.165, 1.54) is 0 Å². The first-order chi connectivity index (χ1) is 8.36. The number of rotatable bonds is 4. The molecule has 1 fully saturated rings. The highest BCUT2D eigenvalue weighted by Gasteiger charge is 2.67. The zero-order valence-corrected chi connectivity index (χ0v) is 11.6. The third-order valence-electron chi connectivity index (χ3n) is 3.88. The smallest absolute Gasteiger partial charge is 0.155 e. The number of sulfone groups is 1. The second-order valence-electron chi connectivity index (χ2n) is 5.08. The highest BCUT2D eigenvalue weighted by Crippen LogP contribution is 2.53. The molecule has 1 saturated carbocycles. The van der Waals surface area contributed by atoms with E-state index in [0.29, 0.717) is 0 Å². The number of hydrogen-bond donors (Lipinski definition) is 2. The van der Waals surface area contributed by atoms with Crippen LogP contribution < -0.4 is 11.5 Å². The van der Waals surface area contributed by atoms with Crippen LogP contribution in [0.1, 0.15) is 24.0 Å². The van der Waals surface area contributed by atoms with Crippen molar-refractivity contribution in [2.75, 3.05) is 12.3 Å². The molecular weight excluding hydrogens is 248 g/mol. The van der Waals surface area contributed by atoms with Crippen molar-refractivity contribution in [2.45, 2.75) is 30.6 Å². The van der Waals surface area contributed by atoms with Gasteiger partial charge in [-0.15, -0.1) is 0 Å². The van der Waals surface area contributed by atoms with Gasteiger partial charge >= 0.3 is 0 Å². The largest absolute Gasteiger partial charge is 0.329 e. The summed E-state index contributed by atoms with van der Waals surface area (Å²) in [6, 6.07) is 7.84. The maximum atomic E-state index is 12.1. The van der Waals surface area contributed by atoms with Crippen molar-refractivity contribution in [1.82, 2.24) is 0 Å². The molecular formula is C13H20N2O2S. The summed E-state index contributed by atoms with van der Waals surface area (Å²) in [6.07, 6.45) is 0. The van der Waals surface area contributed by atoms with E-state index in [4.69, 9.17) is 11.5 Å². The van der Waals surface area contributed by atoms with E-state index in [0.717, 1.165) is 11.1 Å². The Kier molecular flexibility index (Phi) is 3.25. The highest BCUT2D eigenvalue weighted by molar-refractivity contribution is 7.92. The van der Waals surface area contributed by atoms with Crippen LogP contribution in [0.3, 0.4) is 0 Å². The Labute approximate surface area is 108 Å². The van der Waals surface area contributed by atoms with Crippen LogP contribution in [0.15, 0.2) is 24.3 Å². The lowest BCUT2D eigenvalue weighted by Crippen LogP contribution is -2.39. The summed E-state index contributed by atoms with van der Waals surface area (Å²) in [6.45, 7) is 3.84. The lowest BCUT2D eigenvalue weighted by Gasteiger charge is -2.08. The van der Waals surface area contributed by atoms with E-state index < -0.39 is 20.6 Å².